The lowest BCUT2D eigenvalue weighted by Crippen LogP contribution is -2.57. The summed E-state index contributed by atoms with van der Waals surface area (Å²) >= 11 is 0. The van der Waals surface area contributed by atoms with Crippen LogP contribution >= 0.6 is 0 Å². The third-order valence-electron chi connectivity index (χ3n) is 3.43. The number of carboxylic acid groups (broad SMARTS) is 4. The van der Waals surface area contributed by atoms with Gasteiger partial charge in [0.2, 0.25) is 17.7 Å². The number of carboxylic acids is 4. The number of carbonyl (C=O) groups is 7. The molecule has 0 bridgehead atoms. The van der Waals surface area contributed by atoms with Gasteiger partial charge in [-0.3, -0.25) is 28.8 Å². The van der Waals surface area contributed by atoms with Crippen molar-refractivity contribution >= 4 is 41.6 Å². The van der Waals surface area contributed by atoms with Crippen molar-refractivity contribution in [3.63, 3.8) is 0 Å². The molecule has 0 heterocycles. The minimum Gasteiger partial charge on any atom is -0.481 e. The largest absolute Gasteiger partial charge is 0.481 e. The molecule has 0 aliphatic heterocycles. The van der Waals surface area contributed by atoms with E-state index in [0.29, 0.717) is 0 Å². The highest BCUT2D eigenvalue weighted by molar-refractivity contribution is 5.97. The maximum Gasteiger partial charge on any atom is 0.326 e. The van der Waals surface area contributed by atoms with Crippen LogP contribution in [0.15, 0.2) is 0 Å². The van der Waals surface area contributed by atoms with Crippen LogP contribution in [-0.4, -0.2) is 86.2 Å². The van der Waals surface area contributed by atoms with Crippen LogP contribution in [0.5, 0.6) is 0 Å². The summed E-state index contributed by atoms with van der Waals surface area (Å²) < 4.78 is 0. The van der Waals surface area contributed by atoms with Gasteiger partial charge in [-0.15, -0.1) is 0 Å². The number of nitrogens with one attached hydrogen (secondary N) is 3. The molecule has 0 saturated heterocycles. The van der Waals surface area contributed by atoms with Crippen molar-refractivity contribution in [1.82, 2.24) is 16.0 Å². The molecule has 0 fully saturated rings. The molecule has 0 aromatic heterocycles. The Kier molecular flexibility index (Phi) is 10.5. The van der Waals surface area contributed by atoms with E-state index in [9.17, 15) is 33.6 Å². The Labute approximate surface area is 168 Å². The van der Waals surface area contributed by atoms with E-state index in [0.717, 1.165) is 0 Å². The Morgan fingerprint density at radius 3 is 1.23 bits per heavy atom. The van der Waals surface area contributed by atoms with Gasteiger partial charge in [-0.25, -0.2) is 4.79 Å². The van der Waals surface area contributed by atoms with Gasteiger partial charge in [-0.05, 0) is 6.92 Å². The van der Waals surface area contributed by atoms with E-state index in [2.05, 4.69) is 0 Å². The van der Waals surface area contributed by atoms with E-state index in [1.807, 2.05) is 10.6 Å². The SMILES string of the molecule is C[C@H](N)C(=O)N[C@@H](CC(=O)O)C(=O)N[C@@H](CC(=O)O)C(=O)N[C@@H](CC(=O)O)C(=O)O. The second-order valence-corrected chi connectivity index (χ2v) is 6.10. The highest BCUT2D eigenvalue weighted by atomic mass is 16.4. The summed E-state index contributed by atoms with van der Waals surface area (Å²) in [5, 5.41) is 41.1. The third kappa shape index (κ3) is 9.98. The quantitative estimate of drug-likeness (QED) is 0.139. The van der Waals surface area contributed by atoms with Crippen LogP contribution in [0.3, 0.4) is 0 Å². The van der Waals surface area contributed by atoms with Crippen LogP contribution in [0.4, 0.5) is 0 Å². The minimum absolute atomic E-state index is 0.900. The average molecular weight is 434 g/mol. The zero-order valence-electron chi connectivity index (χ0n) is 15.7. The van der Waals surface area contributed by atoms with E-state index in [4.69, 9.17) is 26.2 Å². The summed E-state index contributed by atoms with van der Waals surface area (Å²) in [6, 6.07) is -6.65. The third-order valence-corrected chi connectivity index (χ3v) is 3.43. The van der Waals surface area contributed by atoms with Gasteiger partial charge in [0, 0.05) is 0 Å². The second kappa shape index (κ2) is 11.9. The first-order valence-electron chi connectivity index (χ1n) is 8.29. The molecule has 0 spiro atoms. The van der Waals surface area contributed by atoms with E-state index in [1.165, 1.54) is 6.92 Å². The van der Waals surface area contributed by atoms with Crippen LogP contribution in [0.1, 0.15) is 26.2 Å². The molecule has 0 aromatic carbocycles. The standard InChI is InChI=1S/C15H22N4O11/c1-5(16)12(26)17-6(2-9(20)21)13(27)18-7(3-10(22)23)14(28)19-8(15(29)30)4-11(24)25/h5-8H,2-4,16H2,1H3,(H,17,26)(H,18,27)(H,19,28)(H,20,21)(H,22,23)(H,24,25)(H,29,30)/t5-,6-,7-,8-/m0/s1. The van der Waals surface area contributed by atoms with Gasteiger partial charge < -0.3 is 42.1 Å². The summed E-state index contributed by atoms with van der Waals surface area (Å²) in [4.78, 5) is 79.8. The van der Waals surface area contributed by atoms with Gasteiger partial charge >= 0.3 is 23.9 Å². The maximum atomic E-state index is 12.3. The zero-order chi connectivity index (χ0) is 23.6. The highest BCUT2D eigenvalue weighted by Crippen LogP contribution is 2.01. The van der Waals surface area contributed by atoms with E-state index >= 15 is 0 Å². The monoisotopic (exact) mass is 434 g/mol. The highest BCUT2D eigenvalue weighted by Gasteiger charge is 2.32. The van der Waals surface area contributed by atoms with Crippen LogP contribution in [0.25, 0.3) is 0 Å². The zero-order valence-corrected chi connectivity index (χ0v) is 15.7. The Morgan fingerprint density at radius 2 is 0.933 bits per heavy atom. The van der Waals surface area contributed by atoms with Crippen LogP contribution < -0.4 is 21.7 Å². The first-order chi connectivity index (χ1) is 13.7. The minimum atomic E-state index is -1.92. The Hall–Kier alpha value is -3.75. The lowest BCUT2D eigenvalue weighted by atomic mass is 10.1. The molecule has 15 nitrogen and oxygen atoms in total. The molecule has 4 atom stereocenters. The second-order valence-electron chi connectivity index (χ2n) is 6.10. The summed E-state index contributed by atoms with van der Waals surface area (Å²) in [5.74, 6) is -9.88. The molecular formula is C15H22N4O11. The van der Waals surface area contributed by atoms with Crippen LogP contribution in [0, 0.1) is 0 Å². The molecule has 0 saturated carbocycles. The van der Waals surface area contributed by atoms with Crippen molar-refractivity contribution in [2.75, 3.05) is 0 Å². The number of carbonyl (C=O) groups excluding carboxylic acids is 3. The fourth-order valence-corrected chi connectivity index (χ4v) is 1.99. The summed E-state index contributed by atoms with van der Waals surface area (Å²) in [5.41, 5.74) is 5.32. The molecule has 0 aliphatic rings. The van der Waals surface area contributed by atoms with Crippen molar-refractivity contribution in [3.05, 3.63) is 0 Å². The van der Waals surface area contributed by atoms with Crippen molar-refractivity contribution in [2.45, 2.75) is 50.4 Å². The molecule has 9 N–H and O–H groups in total. The van der Waals surface area contributed by atoms with E-state index < -0.39 is 85.0 Å². The molecule has 30 heavy (non-hydrogen) atoms. The molecular weight excluding hydrogens is 412 g/mol. The molecule has 0 radical (unpaired) electrons. The first-order valence-corrected chi connectivity index (χ1v) is 8.29. The molecule has 0 unspecified atom stereocenters. The van der Waals surface area contributed by atoms with Crippen LogP contribution in [0.2, 0.25) is 0 Å². The summed E-state index contributed by atoms with van der Waals surface area (Å²) in [6.07, 6.45) is -3.00. The molecule has 168 valence electrons. The van der Waals surface area contributed by atoms with Crippen LogP contribution in [-0.2, 0) is 33.6 Å². The van der Waals surface area contributed by atoms with Gasteiger partial charge in [0.1, 0.15) is 18.1 Å². The van der Waals surface area contributed by atoms with E-state index in [-0.39, 0.29) is 0 Å². The van der Waals surface area contributed by atoms with Crippen molar-refractivity contribution in [3.8, 4) is 0 Å². The number of nitrogens with two attached hydrogens (primary N) is 1. The number of amides is 3. The number of aliphatic carboxylic acids is 4. The summed E-state index contributed by atoms with van der Waals surface area (Å²) in [7, 11) is 0. The predicted molar refractivity (Wildman–Crippen MR) is 93.8 cm³/mol. The van der Waals surface area contributed by atoms with Gasteiger partial charge in [0.05, 0.1) is 25.3 Å². The van der Waals surface area contributed by atoms with Gasteiger partial charge in [0.25, 0.3) is 0 Å². The topological polar surface area (TPSA) is 263 Å². The molecule has 3 amide bonds. The normalized spacial score (nSPS) is 14.3. The smallest absolute Gasteiger partial charge is 0.326 e. The molecule has 0 aliphatic carbocycles. The molecule has 0 aromatic rings. The lowest BCUT2D eigenvalue weighted by molar-refractivity contribution is -0.148. The van der Waals surface area contributed by atoms with Gasteiger partial charge in [0.15, 0.2) is 0 Å². The number of hydrogen-bond donors (Lipinski definition) is 8. The lowest BCUT2D eigenvalue weighted by Gasteiger charge is -2.23. The van der Waals surface area contributed by atoms with Crippen molar-refractivity contribution in [2.24, 2.45) is 5.73 Å². The number of hydrogen-bond acceptors (Lipinski definition) is 8. The van der Waals surface area contributed by atoms with Gasteiger partial charge in [-0.2, -0.15) is 0 Å². The fourth-order valence-electron chi connectivity index (χ4n) is 1.99. The molecule has 15 heteroatoms. The van der Waals surface area contributed by atoms with Gasteiger partial charge in [-0.1, -0.05) is 0 Å². The molecule has 0 rings (SSSR count). The first kappa shape index (κ1) is 26.2. The average Bonchev–Trinajstić information content (AvgIpc) is 2.58. The fraction of sp³-hybridized carbons (Fsp3) is 0.533. The van der Waals surface area contributed by atoms with E-state index in [1.54, 1.807) is 5.32 Å². The Balaban J connectivity index is 5.50. The Morgan fingerprint density at radius 1 is 0.633 bits per heavy atom. The summed E-state index contributed by atoms with van der Waals surface area (Å²) in [6.45, 7) is 1.25. The predicted octanol–water partition coefficient (Wildman–Crippen LogP) is -3.70. The maximum absolute atomic E-state index is 12.3. The van der Waals surface area contributed by atoms with Crippen molar-refractivity contribution in [1.29, 1.82) is 0 Å². The number of rotatable bonds is 13. The Bertz CT molecular complexity index is 721. The van der Waals surface area contributed by atoms with Crippen molar-refractivity contribution < 1.29 is 54.0 Å².